The lowest BCUT2D eigenvalue weighted by atomic mass is 9.98. The fourth-order valence-electron chi connectivity index (χ4n) is 2.52. The first-order valence-corrected chi connectivity index (χ1v) is 8.39. The van der Waals surface area contributed by atoms with Gasteiger partial charge in [-0.15, -0.1) is 0 Å². The van der Waals surface area contributed by atoms with Crippen LogP contribution in [0.1, 0.15) is 58.5 Å². The van der Waals surface area contributed by atoms with Crippen LogP contribution in [0.4, 0.5) is 0 Å². The van der Waals surface area contributed by atoms with Crippen molar-refractivity contribution < 1.29 is 29.3 Å². The molecule has 0 aliphatic rings. The highest BCUT2D eigenvalue weighted by atomic mass is 16.5. The summed E-state index contributed by atoms with van der Waals surface area (Å²) in [5.74, 6) is -0.0238. The average Bonchev–Trinajstić information content (AvgIpc) is 2.67. The summed E-state index contributed by atoms with van der Waals surface area (Å²) < 4.78 is 10.4. The second-order valence-electron chi connectivity index (χ2n) is 6.15. The molecular weight excluding hydrogens is 362 g/mol. The van der Waals surface area contributed by atoms with Gasteiger partial charge >= 0.3 is 5.97 Å². The first-order valence-electron chi connectivity index (χ1n) is 8.39. The molecule has 0 atom stereocenters. The summed E-state index contributed by atoms with van der Waals surface area (Å²) in [5.41, 5.74) is 1.61. The third-order valence-corrected chi connectivity index (χ3v) is 3.87. The number of aromatic carboxylic acids is 1. The summed E-state index contributed by atoms with van der Waals surface area (Å²) in [5, 5.41) is 26.6. The number of hydrogen-bond donors (Lipinski definition) is 2. The smallest absolute Gasteiger partial charge is 0.335 e. The van der Waals surface area contributed by atoms with Crippen molar-refractivity contribution in [1.29, 1.82) is 5.26 Å². The number of aromatic hydroxyl groups is 1. The monoisotopic (exact) mass is 385 g/mol. The third kappa shape index (κ3) is 5.48. The molecule has 0 bridgehead atoms. The Morgan fingerprint density at radius 3 is 1.96 bits per heavy atom. The topological polar surface area (TPSA) is 117 Å². The fraction of sp³-hybridized carbons (Fsp3) is 0.286. The van der Waals surface area contributed by atoms with E-state index in [9.17, 15) is 14.7 Å². The lowest BCUT2D eigenvalue weighted by molar-refractivity contribution is 0.0695. The lowest BCUT2D eigenvalue weighted by Crippen LogP contribution is -2.03. The van der Waals surface area contributed by atoms with Crippen LogP contribution in [-0.2, 0) is 0 Å². The van der Waals surface area contributed by atoms with Crippen LogP contribution in [0.3, 0.4) is 0 Å². The number of benzene rings is 2. The van der Waals surface area contributed by atoms with Gasteiger partial charge in [0.05, 0.1) is 37.0 Å². The Hall–Kier alpha value is -3.53. The fourth-order valence-corrected chi connectivity index (χ4v) is 2.52. The molecule has 0 saturated carbocycles. The van der Waals surface area contributed by atoms with E-state index in [1.807, 2.05) is 19.9 Å². The number of ether oxygens (including phenoxy) is 2. The van der Waals surface area contributed by atoms with Crippen molar-refractivity contribution in [3.63, 3.8) is 0 Å². The molecule has 0 heterocycles. The number of carboxylic acids is 1. The van der Waals surface area contributed by atoms with Crippen molar-refractivity contribution in [2.75, 3.05) is 14.2 Å². The predicted octanol–water partition coefficient (Wildman–Crippen LogP) is 3.99. The molecular formula is C21H23NO6. The van der Waals surface area contributed by atoms with Crippen LogP contribution in [0.25, 0.3) is 0 Å². The molecule has 0 unspecified atom stereocenters. The maximum atomic E-state index is 10.9. The molecule has 0 amide bonds. The van der Waals surface area contributed by atoms with E-state index in [1.165, 1.54) is 51.5 Å². The van der Waals surface area contributed by atoms with Gasteiger partial charge in [-0.25, -0.2) is 4.79 Å². The van der Waals surface area contributed by atoms with Crippen LogP contribution in [0, 0.1) is 11.3 Å². The molecule has 0 fully saturated rings. The Morgan fingerprint density at radius 1 is 1.07 bits per heavy atom. The van der Waals surface area contributed by atoms with Crippen LogP contribution in [0.15, 0.2) is 30.3 Å². The number of carbonyl (C=O) groups excluding carboxylic acids is 1. The number of Topliss-reactive ketones (excluding diaryl/α,β-unsaturated/α-hetero) is 1. The van der Waals surface area contributed by atoms with Crippen molar-refractivity contribution in [1.82, 2.24) is 0 Å². The number of carbonyl (C=O) groups is 2. The van der Waals surface area contributed by atoms with Crippen molar-refractivity contribution >= 4 is 11.8 Å². The second-order valence-corrected chi connectivity index (χ2v) is 6.15. The van der Waals surface area contributed by atoms with Crippen LogP contribution < -0.4 is 9.47 Å². The molecule has 2 N–H and O–H groups in total. The summed E-state index contributed by atoms with van der Waals surface area (Å²) >= 11 is 0. The molecule has 0 aromatic heterocycles. The number of carboxylic acid groups (broad SMARTS) is 1. The van der Waals surface area contributed by atoms with Gasteiger partial charge in [-0.05, 0) is 43.2 Å². The molecule has 0 saturated heterocycles. The maximum absolute atomic E-state index is 10.9. The number of methoxy groups -OCH3 is 2. The number of phenolic OH excluding ortho intramolecular Hbond substituents is 1. The molecule has 0 spiro atoms. The molecule has 0 radical (unpaired) electrons. The number of ketones is 1. The Bertz CT molecular complexity index is 887. The Balaban J connectivity index is 0.000000292. The Morgan fingerprint density at radius 2 is 1.61 bits per heavy atom. The minimum absolute atomic E-state index is 0.0819. The van der Waals surface area contributed by atoms with E-state index in [0.717, 1.165) is 5.56 Å². The van der Waals surface area contributed by atoms with Gasteiger partial charge in [0.1, 0.15) is 17.2 Å². The zero-order chi connectivity index (χ0) is 21.4. The zero-order valence-corrected chi connectivity index (χ0v) is 16.4. The molecule has 2 rings (SSSR count). The number of hydrogen-bond acceptors (Lipinski definition) is 6. The molecule has 7 nitrogen and oxygen atoms in total. The van der Waals surface area contributed by atoms with Crippen LogP contribution in [0.2, 0.25) is 0 Å². The molecule has 28 heavy (non-hydrogen) atoms. The number of phenols is 1. The molecule has 7 heteroatoms. The SMILES string of the molecule is CC(=O)c1cc(C#N)ccc1O.COc1cc(C(=O)O)cc(OC)c1C(C)C. The van der Waals surface area contributed by atoms with Crippen molar-refractivity contribution in [3.05, 3.63) is 52.6 Å². The van der Waals surface area contributed by atoms with Gasteiger partial charge in [0.2, 0.25) is 0 Å². The van der Waals surface area contributed by atoms with E-state index in [-0.39, 0.29) is 28.6 Å². The first kappa shape index (κ1) is 22.5. The van der Waals surface area contributed by atoms with Gasteiger partial charge in [-0.2, -0.15) is 5.26 Å². The summed E-state index contributed by atoms with van der Waals surface area (Å²) in [4.78, 5) is 21.8. The van der Waals surface area contributed by atoms with Gasteiger partial charge in [0, 0.05) is 5.56 Å². The van der Waals surface area contributed by atoms with E-state index < -0.39 is 5.97 Å². The van der Waals surface area contributed by atoms with Crippen molar-refractivity contribution in [2.24, 2.45) is 0 Å². The highest BCUT2D eigenvalue weighted by Crippen LogP contribution is 2.36. The summed E-state index contributed by atoms with van der Waals surface area (Å²) in [7, 11) is 3.04. The zero-order valence-electron chi connectivity index (χ0n) is 16.4. The van der Waals surface area contributed by atoms with Crippen molar-refractivity contribution in [3.8, 4) is 23.3 Å². The van der Waals surface area contributed by atoms with E-state index in [0.29, 0.717) is 17.1 Å². The van der Waals surface area contributed by atoms with Crippen LogP contribution >= 0.6 is 0 Å². The molecule has 0 aliphatic heterocycles. The quantitative estimate of drug-likeness (QED) is 0.747. The highest BCUT2D eigenvalue weighted by Gasteiger charge is 2.17. The summed E-state index contributed by atoms with van der Waals surface area (Å²) in [6.07, 6.45) is 0. The maximum Gasteiger partial charge on any atom is 0.335 e. The number of nitrogens with zero attached hydrogens (tertiary/aromatic N) is 1. The van der Waals surface area contributed by atoms with Crippen molar-refractivity contribution in [2.45, 2.75) is 26.7 Å². The van der Waals surface area contributed by atoms with E-state index in [2.05, 4.69) is 0 Å². The minimum atomic E-state index is -0.994. The highest BCUT2D eigenvalue weighted by molar-refractivity contribution is 5.97. The Labute approximate surface area is 163 Å². The standard InChI is InChI=1S/C12H16O4.C9H7NO2/c1-7(2)11-9(15-3)5-8(12(13)14)6-10(11)16-4;1-6(11)8-4-7(5-10)2-3-9(8)12/h5-7H,1-4H3,(H,13,14);2-4,12H,1H3. The summed E-state index contributed by atoms with van der Waals surface area (Å²) in [6.45, 7) is 5.35. The first-order chi connectivity index (χ1) is 13.2. The van der Waals surface area contributed by atoms with E-state index in [1.54, 1.807) is 0 Å². The lowest BCUT2D eigenvalue weighted by Gasteiger charge is -2.16. The Kier molecular flexibility index (Phi) is 8.02. The second kappa shape index (κ2) is 9.97. The van der Waals surface area contributed by atoms with Gasteiger partial charge in [0.15, 0.2) is 5.78 Å². The molecule has 0 aliphatic carbocycles. The molecule has 2 aromatic rings. The van der Waals surface area contributed by atoms with Gasteiger partial charge in [0.25, 0.3) is 0 Å². The molecule has 148 valence electrons. The third-order valence-electron chi connectivity index (χ3n) is 3.87. The predicted molar refractivity (Wildman–Crippen MR) is 103 cm³/mol. The normalized spacial score (nSPS) is 9.75. The van der Waals surface area contributed by atoms with Gasteiger partial charge in [-0.3, -0.25) is 4.79 Å². The minimum Gasteiger partial charge on any atom is -0.507 e. The number of rotatable bonds is 5. The summed E-state index contributed by atoms with van der Waals surface area (Å²) in [6, 6.07) is 9.09. The van der Waals surface area contributed by atoms with E-state index in [4.69, 9.17) is 19.8 Å². The number of nitriles is 1. The van der Waals surface area contributed by atoms with Crippen LogP contribution in [0.5, 0.6) is 17.2 Å². The van der Waals surface area contributed by atoms with Gasteiger partial charge in [-0.1, -0.05) is 13.8 Å². The largest absolute Gasteiger partial charge is 0.507 e. The van der Waals surface area contributed by atoms with Gasteiger partial charge < -0.3 is 19.7 Å². The van der Waals surface area contributed by atoms with Crippen LogP contribution in [-0.4, -0.2) is 36.2 Å². The molecule has 2 aromatic carbocycles. The van der Waals surface area contributed by atoms with E-state index >= 15 is 0 Å². The average molecular weight is 385 g/mol.